The van der Waals surface area contributed by atoms with Gasteiger partial charge in [-0.05, 0) is 62.4 Å². The average molecular weight is 453 g/mol. The molecule has 0 radical (unpaired) electrons. The smallest absolute Gasteiger partial charge is 0.726 e. The molecular weight excluding hydrogens is 423 g/mol. The first-order valence-electron chi connectivity index (χ1n) is 10.2. The Balaban J connectivity index is 0.00000256. The van der Waals surface area contributed by atoms with Gasteiger partial charge in [-0.1, -0.05) is 13.8 Å². The fourth-order valence-corrected chi connectivity index (χ4v) is 7.18. The third kappa shape index (κ3) is 3.94. The standard InChI is InChI=1S/C20H30O8S.Na/c1-18-7-5-16(21)19(2,11-27-29(23,24)25)14(18)4-8-20(3)15(18)10-13(28-20)12-6-9-26-17(12)22;/h6,13-16,21H,4-5,7-11H2,1-3H3,(H,23,24,25);/q;+1/p-1/t13-,14-,15-,16+,18+,19-,20-;/m0./s1. The summed E-state index contributed by atoms with van der Waals surface area (Å²) >= 11 is 0. The van der Waals surface area contributed by atoms with Crippen molar-refractivity contribution in [3.63, 3.8) is 0 Å². The maximum absolute atomic E-state index is 12.1. The van der Waals surface area contributed by atoms with Crippen molar-refractivity contribution in [2.75, 3.05) is 13.2 Å². The van der Waals surface area contributed by atoms with Crippen molar-refractivity contribution in [2.24, 2.45) is 22.7 Å². The van der Waals surface area contributed by atoms with Crippen molar-refractivity contribution in [3.8, 4) is 0 Å². The summed E-state index contributed by atoms with van der Waals surface area (Å²) in [6.07, 6.45) is 4.10. The molecule has 1 N–H and O–H groups in total. The quantitative estimate of drug-likeness (QED) is 0.242. The summed E-state index contributed by atoms with van der Waals surface area (Å²) in [5, 5.41) is 10.8. The van der Waals surface area contributed by atoms with Crippen molar-refractivity contribution in [1.82, 2.24) is 0 Å². The van der Waals surface area contributed by atoms with Gasteiger partial charge in [0.15, 0.2) is 0 Å². The average Bonchev–Trinajstić information content (AvgIpc) is 3.20. The van der Waals surface area contributed by atoms with Crippen LogP contribution in [0.5, 0.6) is 0 Å². The van der Waals surface area contributed by atoms with Crippen LogP contribution in [-0.4, -0.2) is 55.1 Å². The molecule has 4 aliphatic rings. The molecule has 7 atom stereocenters. The van der Waals surface area contributed by atoms with Crippen LogP contribution in [-0.2, 0) is 28.9 Å². The Labute approximate surface area is 200 Å². The first-order valence-corrected chi connectivity index (χ1v) is 11.6. The van der Waals surface area contributed by atoms with Crippen LogP contribution in [0.15, 0.2) is 11.6 Å². The van der Waals surface area contributed by atoms with Crippen molar-refractivity contribution in [3.05, 3.63) is 11.6 Å². The fraction of sp³-hybridized carbons (Fsp3) is 0.850. The van der Waals surface area contributed by atoms with Crippen molar-refractivity contribution in [2.45, 2.75) is 70.7 Å². The zero-order valence-electron chi connectivity index (χ0n) is 18.0. The van der Waals surface area contributed by atoms with Gasteiger partial charge in [-0.25, -0.2) is 13.2 Å². The number of fused-ring (bicyclic) bond motifs is 3. The van der Waals surface area contributed by atoms with E-state index in [0.717, 1.165) is 19.3 Å². The van der Waals surface area contributed by atoms with Gasteiger partial charge in [0.05, 0.1) is 30.0 Å². The van der Waals surface area contributed by atoms with Crippen molar-refractivity contribution in [1.29, 1.82) is 0 Å². The Morgan fingerprint density at radius 1 is 1.23 bits per heavy atom. The predicted molar refractivity (Wildman–Crippen MR) is 100 cm³/mol. The van der Waals surface area contributed by atoms with E-state index in [1.165, 1.54) is 0 Å². The van der Waals surface area contributed by atoms with E-state index >= 15 is 0 Å². The molecule has 4 rings (SSSR count). The molecule has 0 spiro atoms. The number of cyclic esters (lactones) is 1. The van der Waals surface area contributed by atoms with E-state index < -0.39 is 27.5 Å². The van der Waals surface area contributed by atoms with Crippen LogP contribution in [0.3, 0.4) is 0 Å². The first-order chi connectivity index (χ1) is 13.4. The number of esters is 1. The van der Waals surface area contributed by atoms with Gasteiger partial charge in [-0.3, -0.25) is 4.18 Å². The van der Waals surface area contributed by atoms with E-state index in [1.54, 1.807) is 6.08 Å². The monoisotopic (exact) mass is 452 g/mol. The summed E-state index contributed by atoms with van der Waals surface area (Å²) in [5.41, 5.74) is -0.918. The van der Waals surface area contributed by atoms with E-state index in [2.05, 4.69) is 18.0 Å². The summed E-state index contributed by atoms with van der Waals surface area (Å²) in [6, 6.07) is 0. The summed E-state index contributed by atoms with van der Waals surface area (Å²) in [6.45, 7) is 6.02. The van der Waals surface area contributed by atoms with E-state index in [1.807, 2.05) is 6.92 Å². The molecule has 2 heterocycles. The molecule has 0 amide bonds. The van der Waals surface area contributed by atoms with Crippen LogP contribution in [0.4, 0.5) is 0 Å². The number of aliphatic hydroxyl groups is 1. The van der Waals surface area contributed by atoms with E-state index in [-0.39, 0.29) is 72.1 Å². The van der Waals surface area contributed by atoms with E-state index in [9.17, 15) is 22.9 Å². The van der Waals surface area contributed by atoms with E-state index in [0.29, 0.717) is 18.4 Å². The summed E-state index contributed by atoms with van der Waals surface area (Å²) in [7, 11) is -4.84. The number of rotatable bonds is 4. The van der Waals surface area contributed by atoms with Gasteiger partial charge >= 0.3 is 35.5 Å². The number of ether oxygens (including phenoxy) is 2. The molecule has 0 aromatic rings. The van der Waals surface area contributed by atoms with Gasteiger partial charge in [-0.2, -0.15) is 0 Å². The number of hydrogen-bond donors (Lipinski definition) is 1. The van der Waals surface area contributed by atoms with Crippen LogP contribution in [0.2, 0.25) is 0 Å². The van der Waals surface area contributed by atoms with Crippen LogP contribution in [0, 0.1) is 22.7 Å². The molecule has 2 saturated carbocycles. The predicted octanol–water partition coefficient (Wildman–Crippen LogP) is -1.31. The second-order valence-corrected chi connectivity index (χ2v) is 10.8. The van der Waals surface area contributed by atoms with E-state index in [4.69, 9.17) is 9.47 Å². The topological polar surface area (TPSA) is 122 Å². The minimum atomic E-state index is -4.84. The zero-order chi connectivity index (χ0) is 21.2. The molecule has 0 aromatic carbocycles. The summed E-state index contributed by atoms with van der Waals surface area (Å²) < 4.78 is 49.4. The Kier molecular flexibility index (Phi) is 6.65. The largest absolute Gasteiger partial charge is 1.00 e. The molecule has 2 aliphatic heterocycles. The number of carbonyl (C=O) groups excluding carboxylic acids is 1. The molecule has 3 fully saturated rings. The summed E-state index contributed by atoms with van der Waals surface area (Å²) in [4.78, 5) is 12.1. The molecule has 0 aromatic heterocycles. The molecule has 10 heteroatoms. The van der Waals surface area contributed by atoms with Gasteiger partial charge in [-0.15, -0.1) is 0 Å². The zero-order valence-corrected chi connectivity index (χ0v) is 20.9. The second-order valence-electron chi connectivity index (χ2n) is 9.79. The minimum Gasteiger partial charge on any atom is -0.726 e. The third-order valence-corrected chi connectivity index (χ3v) is 8.65. The van der Waals surface area contributed by atoms with Gasteiger partial charge in [0, 0.05) is 5.41 Å². The molecule has 30 heavy (non-hydrogen) atoms. The Morgan fingerprint density at radius 2 is 1.93 bits per heavy atom. The SMILES string of the molecule is C[C@]1(COS(=O)(=O)[O-])[C@H]2CC[C@]3(C)O[C@H](C4=CCOC4=O)C[C@H]3[C@]2(C)CC[C@H]1O.[Na+]. The van der Waals surface area contributed by atoms with Crippen molar-refractivity contribution < 1.29 is 66.1 Å². The second kappa shape index (κ2) is 8.09. The van der Waals surface area contributed by atoms with Gasteiger partial charge in [0.25, 0.3) is 0 Å². The molecule has 2 aliphatic carbocycles. The summed E-state index contributed by atoms with van der Waals surface area (Å²) in [5.74, 6) is -0.230. The first kappa shape index (κ1) is 24.6. The molecule has 0 bridgehead atoms. The van der Waals surface area contributed by atoms with Gasteiger partial charge in [0.1, 0.15) is 6.61 Å². The van der Waals surface area contributed by atoms with Crippen LogP contribution >= 0.6 is 0 Å². The van der Waals surface area contributed by atoms with Crippen LogP contribution in [0.25, 0.3) is 0 Å². The van der Waals surface area contributed by atoms with Crippen molar-refractivity contribution >= 4 is 16.4 Å². The maximum Gasteiger partial charge on any atom is 1.00 e. The molecule has 8 nitrogen and oxygen atoms in total. The van der Waals surface area contributed by atoms with Gasteiger partial charge < -0.3 is 19.1 Å². The molecule has 0 unspecified atom stereocenters. The number of hydrogen-bond acceptors (Lipinski definition) is 8. The third-order valence-electron chi connectivity index (χ3n) is 8.25. The maximum atomic E-state index is 12.1. The minimum absolute atomic E-state index is 0. The number of aliphatic hydroxyl groups excluding tert-OH is 1. The van der Waals surface area contributed by atoms with Gasteiger partial charge in [0.2, 0.25) is 10.4 Å². The number of carbonyl (C=O) groups is 1. The Hall–Kier alpha value is -0.000000000000000222. The Morgan fingerprint density at radius 3 is 2.53 bits per heavy atom. The normalized spacial score (nSPS) is 45.8. The molecule has 1 saturated heterocycles. The molecule has 164 valence electrons. The van der Waals surface area contributed by atoms with Crippen LogP contribution in [0.1, 0.15) is 52.9 Å². The molecular formula is C20H29NaO8S. The Bertz CT molecular complexity index is 844. The van der Waals surface area contributed by atoms with Crippen LogP contribution < -0.4 is 29.6 Å². The fourth-order valence-electron chi connectivity index (χ4n) is 6.79.